The van der Waals surface area contributed by atoms with Crippen molar-refractivity contribution in [1.29, 1.82) is 0 Å². The smallest absolute Gasteiger partial charge is 0.0100 e. The molecule has 1 heteroatoms. The molecular weight excluding hydrogens is 158 g/mol. The van der Waals surface area contributed by atoms with E-state index < -0.39 is 0 Å². The summed E-state index contributed by atoms with van der Waals surface area (Å²) >= 11 is 0. The Balaban J connectivity index is 2.65. The van der Waals surface area contributed by atoms with Gasteiger partial charge in [0, 0.05) is 6.04 Å². The van der Waals surface area contributed by atoms with Crippen molar-refractivity contribution in [2.45, 2.75) is 53.5 Å². The zero-order valence-corrected chi connectivity index (χ0v) is 9.93. The minimum atomic E-state index is 0.479. The maximum Gasteiger partial charge on any atom is 0.0100 e. The van der Waals surface area contributed by atoms with Gasteiger partial charge in [-0.1, -0.05) is 27.7 Å². The standard InChI is InChI=1S/C12H25N/c1-6-13-9-7-8-11(10(13)2)12(3,4)5/h10-11H,6-9H2,1-5H3. The molecule has 13 heavy (non-hydrogen) atoms. The van der Waals surface area contributed by atoms with E-state index in [2.05, 4.69) is 39.5 Å². The maximum absolute atomic E-state index is 2.62. The number of likely N-dealkylation sites (tertiary alicyclic amines) is 1. The van der Waals surface area contributed by atoms with Crippen molar-refractivity contribution < 1.29 is 0 Å². The van der Waals surface area contributed by atoms with Gasteiger partial charge in [0.1, 0.15) is 0 Å². The van der Waals surface area contributed by atoms with Crippen LogP contribution in [0.2, 0.25) is 0 Å². The molecule has 0 N–H and O–H groups in total. The highest BCUT2D eigenvalue weighted by Gasteiger charge is 2.34. The Morgan fingerprint density at radius 3 is 2.38 bits per heavy atom. The first-order valence-corrected chi connectivity index (χ1v) is 5.71. The van der Waals surface area contributed by atoms with Crippen LogP contribution in [0.4, 0.5) is 0 Å². The lowest BCUT2D eigenvalue weighted by Crippen LogP contribution is -2.47. The van der Waals surface area contributed by atoms with Crippen molar-refractivity contribution in [1.82, 2.24) is 4.90 Å². The average molecular weight is 183 g/mol. The summed E-state index contributed by atoms with van der Waals surface area (Å²) in [6.45, 7) is 14.4. The first-order valence-electron chi connectivity index (χ1n) is 5.71. The Morgan fingerprint density at radius 2 is 1.92 bits per heavy atom. The molecule has 1 saturated heterocycles. The molecule has 1 aliphatic rings. The fraction of sp³-hybridized carbons (Fsp3) is 1.00. The largest absolute Gasteiger partial charge is 0.301 e. The van der Waals surface area contributed by atoms with Crippen molar-refractivity contribution in [3.05, 3.63) is 0 Å². The van der Waals surface area contributed by atoms with E-state index in [0.29, 0.717) is 5.41 Å². The van der Waals surface area contributed by atoms with Gasteiger partial charge in [0.15, 0.2) is 0 Å². The monoisotopic (exact) mass is 183 g/mol. The second kappa shape index (κ2) is 4.00. The topological polar surface area (TPSA) is 3.24 Å². The van der Waals surface area contributed by atoms with Crippen molar-refractivity contribution in [2.24, 2.45) is 11.3 Å². The number of hydrogen-bond donors (Lipinski definition) is 0. The van der Waals surface area contributed by atoms with Crippen LogP contribution in [0.5, 0.6) is 0 Å². The number of piperidine rings is 1. The van der Waals surface area contributed by atoms with Crippen molar-refractivity contribution in [2.75, 3.05) is 13.1 Å². The predicted octanol–water partition coefficient (Wildman–Crippen LogP) is 3.15. The van der Waals surface area contributed by atoms with Crippen molar-refractivity contribution in [3.63, 3.8) is 0 Å². The van der Waals surface area contributed by atoms with Gasteiger partial charge >= 0.3 is 0 Å². The van der Waals surface area contributed by atoms with Gasteiger partial charge in [0.05, 0.1) is 0 Å². The normalized spacial score (nSPS) is 32.1. The molecule has 1 nitrogen and oxygen atoms in total. The molecule has 78 valence electrons. The highest BCUT2D eigenvalue weighted by Crippen LogP contribution is 2.37. The Bertz CT molecular complexity index is 157. The van der Waals surface area contributed by atoms with Crippen LogP contribution in [0.3, 0.4) is 0 Å². The van der Waals surface area contributed by atoms with Crippen molar-refractivity contribution >= 4 is 0 Å². The minimum absolute atomic E-state index is 0.479. The molecule has 1 rings (SSSR count). The van der Waals surface area contributed by atoms with Gasteiger partial charge in [-0.15, -0.1) is 0 Å². The lowest BCUT2D eigenvalue weighted by molar-refractivity contribution is 0.0455. The molecule has 0 aromatic carbocycles. The lowest BCUT2D eigenvalue weighted by atomic mass is 9.72. The van der Waals surface area contributed by atoms with Crippen LogP contribution < -0.4 is 0 Å². The second-order valence-corrected chi connectivity index (χ2v) is 5.48. The summed E-state index contributed by atoms with van der Waals surface area (Å²) in [5.41, 5.74) is 0.479. The molecule has 0 aliphatic carbocycles. The van der Waals surface area contributed by atoms with Gasteiger partial charge in [-0.3, -0.25) is 0 Å². The maximum atomic E-state index is 2.62. The average Bonchev–Trinajstić information content (AvgIpc) is 2.02. The van der Waals surface area contributed by atoms with Crippen LogP contribution in [-0.4, -0.2) is 24.0 Å². The summed E-state index contributed by atoms with van der Waals surface area (Å²) in [6, 6.07) is 0.777. The number of hydrogen-bond acceptors (Lipinski definition) is 1. The summed E-state index contributed by atoms with van der Waals surface area (Å²) in [5.74, 6) is 0.876. The fourth-order valence-corrected chi connectivity index (χ4v) is 2.82. The molecule has 0 amide bonds. The molecule has 0 aromatic heterocycles. The summed E-state index contributed by atoms with van der Waals surface area (Å²) in [5, 5.41) is 0. The van der Waals surface area contributed by atoms with Gasteiger partial charge in [0.25, 0.3) is 0 Å². The molecule has 0 spiro atoms. The number of nitrogens with zero attached hydrogens (tertiary/aromatic N) is 1. The molecule has 2 atom stereocenters. The predicted molar refractivity (Wildman–Crippen MR) is 58.9 cm³/mol. The van der Waals surface area contributed by atoms with Crippen LogP contribution in [0.1, 0.15) is 47.5 Å². The molecular formula is C12H25N. The highest BCUT2D eigenvalue weighted by atomic mass is 15.2. The van der Waals surface area contributed by atoms with E-state index in [1.54, 1.807) is 0 Å². The molecule has 1 fully saturated rings. The zero-order chi connectivity index (χ0) is 10.1. The van der Waals surface area contributed by atoms with Crippen molar-refractivity contribution in [3.8, 4) is 0 Å². The van der Waals surface area contributed by atoms with E-state index >= 15 is 0 Å². The Kier molecular flexibility index (Phi) is 3.39. The van der Waals surface area contributed by atoms with E-state index in [9.17, 15) is 0 Å². The third-order valence-electron chi connectivity index (χ3n) is 3.64. The minimum Gasteiger partial charge on any atom is -0.301 e. The zero-order valence-electron chi connectivity index (χ0n) is 9.93. The van der Waals surface area contributed by atoms with Crippen LogP contribution in [0, 0.1) is 11.3 Å². The Hall–Kier alpha value is -0.0400. The highest BCUT2D eigenvalue weighted by molar-refractivity contribution is 4.87. The van der Waals surface area contributed by atoms with E-state index in [4.69, 9.17) is 0 Å². The molecule has 0 aromatic rings. The van der Waals surface area contributed by atoms with Gasteiger partial charge in [-0.25, -0.2) is 0 Å². The van der Waals surface area contributed by atoms with Gasteiger partial charge in [-0.2, -0.15) is 0 Å². The summed E-state index contributed by atoms with van der Waals surface area (Å²) in [6.07, 6.45) is 2.81. The summed E-state index contributed by atoms with van der Waals surface area (Å²) < 4.78 is 0. The Labute approximate surface area is 83.5 Å². The van der Waals surface area contributed by atoms with E-state index in [-0.39, 0.29) is 0 Å². The number of rotatable bonds is 1. The molecule has 0 bridgehead atoms. The molecule has 1 aliphatic heterocycles. The van der Waals surface area contributed by atoms with Crippen LogP contribution >= 0.6 is 0 Å². The fourth-order valence-electron chi connectivity index (χ4n) is 2.82. The van der Waals surface area contributed by atoms with Gasteiger partial charge < -0.3 is 4.90 Å². The van der Waals surface area contributed by atoms with Crippen LogP contribution in [0.25, 0.3) is 0 Å². The van der Waals surface area contributed by atoms with Gasteiger partial charge in [0.2, 0.25) is 0 Å². The molecule has 1 heterocycles. The SMILES string of the molecule is CCN1CCCC(C(C)(C)C)C1C. The first-order chi connectivity index (χ1) is 5.96. The lowest BCUT2D eigenvalue weighted by Gasteiger charge is -2.45. The van der Waals surface area contributed by atoms with E-state index in [1.807, 2.05) is 0 Å². The molecule has 0 saturated carbocycles. The van der Waals surface area contributed by atoms with Crippen LogP contribution in [0.15, 0.2) is 0 Å². The summed E-state index contributed by atoms with van der Waals surface area (Å²) in [4.78, 5) is 2.62. The third-order valence-corrected chi connectivity index (χ3v) is 3.64. The Morgan fingerprint density at radius 1 is 1.31 bits per heavy atom. The van der Waals surface area contributed by atoms with Crippen LogP contribution in [-0.2, 0) is 0 Å². The molecule has 0 radical (unpaired) electrons. The second-order valence-electron chi connectivity index (χ2n) is 5.48. The quantitative estimate of drug-likeness (QED) is 0.603. The van der Waals surface area contributed by atoms with E-state index in [1.165, 1.54) is 25.9 Å². The summed E-state index contributed by atoms with van der Waals surface area (Å²) in [7, 11) is 0. The third kappa shape index (κ3) is 2.46. The molecule has 2 unspecified atom stereocenters. The van der Waals surface area contributed by atoms with E-state index in [0.717, 1.165) is 12.0 Å². The van der Waals surface area contributed by atoms with Gasteiger partial charge in [-0.05, 0) is 44.2 Å². The first kappa shape index (κ1) is 11.0.